The maximum Gasteiger partial charge on any atom is 0.335 e. The number of rotatable bonds is 22. The Hall–Kier alpha value is -4.66. The standard InChI is InChI=1S/C34H48N4O11/c1-21(2)26(19-25(39)13-16-47-17-14-31(43)49-38-29(41)11-12-30(38)42)32(44)37-27(6-5-15-36-34(35)46)28(40)18-23-7-9-24(10-8-23)20-48-33(45)22(3)4/h7-10,21-22,26-27H,5-6,11-20H2,1-4H3,(H,37,44)(H3,35,36,46)/t26-,27-/m1/s1. The third kappa shape index (κ3) is 15.0. The van der Waals surface area contributed by atoms with Gasteiger partial charge >= 0.3 is 18.0 Å². The Bertz CT molecular complexity index is 1330. The van der Waals surface area contributed by atoms with Crippen LogP contribution in [0.3, 0.4) is 0 Å². The first-order valence-electron chi connectivity index (χ1n) is 16.4. The van der Waals surface area contributed by atoms with Crippen molar-refractivity contribution in [3.05, 3.63) is 35.4 Å². The number of urea groups is 1. The molecule has 1 aliphatic heterocycles. The van der Waals surface area contributed by atoms with Gasteiger partial charge in [0, 0.05) is 44.6 Å². The third-order valence-corrected chi connectivity index (χ3v) is 7.69. The molecule has 1 aliphatic rings. The van der Waals surface area contributed by atoms with E-state index in [2.05, 4.69) is 10.6 Å². The van der Waals surface area contributed by atoms with Crippen molar-refractivity contribution in [1.82, 2.24) is 15.7 Å². The van der Waals surface area contributed by atoms with E-state index in [4.69, 9.17) is 20.0 Å². The van der Waals surface area contributed by atoms with Crippen molar-refractivity contribution >= 4 is 47.3 Å². The Morgan fingerprint density at radius 3 is 2.10 bits per heavy atom. The zero-order valence-electron chi connectivity index (χ0n) is 28.6. The molecule has 15 nitrogen and oxygen atoms in total. The maximum atomic E-state index is 13.4. The molecule has 0 spiro atoms. The summed E-state index contributed by atoms with van der Waals surface area (Å²) in [5.41, 5.74) is 6.60. The molecule has 270 valence electrons. The second-order valence-electron chi connectivity index (χ2n) is 12.5. The van der Waals surface area contributed by atoms with Gasteiger partial charge in [-0.3, -0.25) is 28.8 Å². The molecule has 1 heterocycles. The number of hydrogen-bond donors (Lipinski definition) is 3. The van der Waals surface area contributed by atoms with Crippen molar-refractivity contribution in [3.63, 3.8) is 0 Å². The lowest BCUT2D eigenvalue weighted by Crippen LogP contribution is -2.46. The number of Topliss-reactive ketones (excluding diaryl/α,β-unsaturated/α-hetero) is 2. The summed E-state index contributed by atoms with van der Waals surface area (Å²) in [6.45, 7) is 7.27. The second-order valence-corrected chi connectivity index (χ2v) is 12.5. The van der Waals surface area contributed by atoms with Crippen LogP contribution < -0.4 is 16.4 Å². The van der Waals surface area contributed by atoms with E-state index in [1.165, 1.54) is 0 Å². The molecule has 49 heavy (non-hydrogen) atoms. The lowest BCUT2D eigenvalue weighted by molar-refractivity contribution is -0.198. The van der Waals surface area contributed by atoms with Gasteiger partial charge in [-0.15, -0.1) is 5.06 Å². The average molecular weight is 689 g/mol. The molecule has 1 saturated heterocycles. The Morgan fingerprint density at radius 2 is 1.51 bits per heavy atom. The number of imide groups is 1. The molecule has 2 atom stereocenters. The molecule has 1 aromatic rings. The highest BCUT2D eigenvalue weighted by molar-refractivity contribution is 6.01. The number of carbonyl (C=O) groups is 8. The molecule has 0 unspecified atom stereocenters. The van der Waals surface area contributed by atoms with E-state index in [1.807, 2.05) is 0 Å². The molecule has 15 heteroatoms. The molecule has 0 radical (unpaired) electrons. The van der Waals surface area contributed by atoms with Crippen molar-refractivity contribution in [2.24, 2.45) is 23.5 Å². The number of nitrogens with one attached hydrogen (secondary N) is 2. The van der Waals surface area contributed by atoms with Gasteiger partial charge in [0.25, 0.3) is 11.8 Å². The minimum Gasteiger partial charge on any atom is -0.461 e. The van der Waals surface area contributed by atoms with Gasteiger partial charge in [-0.05, 0) is 29.9 Å². The highest BCUT2D eigenvalue weighted by Crippen LogP contribution is 2.19. The summed E-state index contributed by atoms with van der Waals surface area (Å²) in [6.07, 6.45) is 0.223. The van der Waals surface area contributed by atoms with E-state index in [0.717, 1.165) is 5.56 Å². The van der Waals surface area contributed by atoms with Crippen LogP contribution in [-0.2, 0) is 60.9 Å². The minimum absolute atomic E-state index is 0.0131. The topological polar surface area (TPSA) is 218 Å². The van der Waals surface area contributed by atoms with Gasteiger partial charge in [0.2, 0.25) is 5.91 Å². The van der Waals surface area contributed by atoms with Crippen LogP contribution in [0.4, 0.5) is 4.79 Å². The number of benzene rings is 1. The number of primary amides is 1. The van der Waals surface area contributed by atoms with Gasteiger partial charge in [0.1, 0.15) is 12.4 Å². The van der Waals surface area contributed by atoms with Crippen LogP contribution in [0.15, 0.2) is 24.3 Å². The number of nitrogens with two attached hydrogens (primary N) is 1. The van der Waals surface area contributed by atoms with Gasteiger partial charge in [-0.25, -0.2) is 9.59 Å². The van der Waals surface area contributed by atoms with Crippen LogP contribution >= 0.6 is 0 Å². The summed E-state index contributed by atoms with van der Waals surface area (Å²) < 4.78 is 10.6. The van der Waals surface area contributed by atoms with E-state index in [1.54, 1.807) is 52.0 Å². The minimum atomic E-state index is -0.889. The maximum absolute atomic E-state index is 13.4. The average Bonchev–Trinajstić information content (AvgIpc) is 3.35. The monoisotopic (exact) mass is 688 g/mol. The zero-order chi connectivity index (χ0) is 36.5. The van der Waals surface area contributed by atoms with Gasteiger partial charge in [0.05, 0.1) is 31.6 Å². The lowest BCUT2D eigenvalue weighted by atomic mass is 9.88. The number of ketones is 2. The molecule has 0 aromatic heterocycles. The second kappa shape index (κ2) is 20.6. The summed E-state index contributed by atoms with van der Waals surface area (Å²) in [5.74, 6) is -4.48. The zero-order valence-corrected chi connectivity index (χ0v) is 28.6. The Labute approximate surface area is 285 Å². The summed E-state index contributed by atoms with van der Waals surface area (Å²) in [7, 11) is 0. The summed E-state index contributed by atoms with van der Waals surface area (Å²) in [5, 5.41) is 5.73. The van der Waals surface area contributed by atoms with E-state index in [0.29, 0.717) is 17.0 Å². The normalized spacial score (nSPS) is 14.0. The SMILES string of the molecule is CC(C)C(=O)OCc1ccc(CC(=O)[C@@H](CCCNC(N)=O)NC(=O)[C@H](CC(=O)CCOCCC(=O)ON2C(=O)CCC2=O)C(C)C)cc1. The van der Waals surface area contributed by atoms with Crippen LogP contribution in [0.2, 0.25) is 0 Å². The molecule has 0 bridgehead atoms. The number of nitrogens with zero attached hydrogens (tertiary/aromatic N) is 1. The van der Waals surface area contributed by atoms with Crippen molar-refractivity contribution in [1.29, 1.82) is 0 Å². The first-order chi connectivity index (χ1) is 23.2. The van der Waals surface area contributed by atoms with Gasteiger partial charge in [-0.1, -0.05) is 52.0 Å². The predicted octanol–water partition coefficient (Wildman–Crippen LogP) is 2.07. The number of hydroxylamine groups is 2. The fraction of sp³-hybridized carbons (Fsp3) is 0.588. The van der Waals surface area contributed by atoms with E-state index >= 15 is 0 Å². The Morgan fingerprint density at radius 1 is 0.898 bits per heavy atom. The van der Waals surface area contributed by atoms with Crippen LogP contribution in [0, 0.1) is 17.8 Å². The predicted molar refractivity (Wildman–Crippen MR) is 174 cm³/mol. The first-order valence-corrected chi connectivity index (χ1v) is 16.4. The van der Waals surface area contributed by atoms with Crippen molar-refractivity contribution in [2.75, 3.05) is 19.8 Å². The van der Waals surface area contributed by atoms with Crippen molar-refractivity contribution in [3.8, 4) is 0 Å². The smallest absolute Gasteiger partial charge is 0.335 e. The summed E-state index contributed by atoms with van der Waals surface area (Å²) >= 11 is 0. The summed E-state index contributed by atoms with van der Waals surface area (Å²) in [6, 6.07) is 5.42. The lowest BCUT2D eigenvalue weighted by Gasteiger charge is -2.24. The molecular formula is C34H48N4O11. The number of hydrogen-bond acceptors (Lipinski definition) is 11. The first kappa shape index (κ1) is 40.5. The van der Waals surface area contributed by atoms with E-state index < -0.39 is 41.7 Å². The highest BCUT2D eigenvalue weighted by Gasteiger charge is 2.33. The molecule has 5 amide bonds. The molecule has 0 aliphatic carbocycles. The van der Waals surface area contributed by atoms with Crippen molar-refractivity contribution < 1.29 is 52.7 Å². The molecule has 2 rings (SSSR count). The Balaban J connectivity index is 1.91. The highest BCUT2D eigenvalue weighted by atomic mass is 16.7. The molecule has 1 aromatic carbocycles. The molecule has 1 fully saturated rings. The van der Waals surface area contributed by atoms with Crippen LogP contribution in [0.5, 0.6) is 0 Å². The van der Waals surface area contributed by atoms with E-state index in [-0.39, 0.29) is 101 Å². The van der Waals surface area contributed by atoms with Gasteiger partial charge in [-0.2, -0.15) is 0 Å². The van der Waals surface area contributed by atoms with Gasteiger partial charge < -0.3 is 30.7 Å². The van der Waals surface area contributed by atoms with E-state index in [9.17, 15) is 38.4 Å². The number of carbonyl (C=O) groups excluding carboxylic acids is 8. The molecule has 0 saturated carbocycles. The number of amides is 5. The molecular weight excluding hydrogens is 640 g/mol. The Kier molecular flexibility index (Phi) is 17.1. The quantitative estimate of drug-likeness (QED) is 0.0910. The third-order valence-electron chi connectivity index (χ3n) is 7.69. The fourth-order valence-corrected chi connectivity index (χ4v) is 4.74. The fourth-order valence-electron chi connectivity index (χ4n) is 4.74. The van der Waals surface area contributed by atoms with Gasteiger partial charge in [0.15, 0.2) is 5.78 Å². The molecule has 4 N–H and O–H groups in total. The summed E-state index contributed by atoms with van der Waals surface area (Å²) in [4.78, 5) is 102. The number of ether oxygens (including phenoxy) is 2. The van der Waals surface area contributed by atoms with Crippen LogP contribution in [0.1, 0.15) is 83.8 Å². The number of esters is 1. The van der Waals surface area contributed by atoms with Crippen LogP contribution in [-0.4, -0.2) is 78.1 Å². The van der Waals surface area contributed by atoms with Crippen molar-refractivity contribution in [2.45, 2.75) is 91.7 Å². The largest absolute Gasteiger partial charge is 0.461 e. The van der Waals surface area contributed by atoms with Crippen LogP contribution in [0.25, 0.3) is 0 Å².